The monoisotopic (exact) mass is 346 g/mol. The van der Waals surface area contributed by atoms with Crippen LogP contribution in [0.2, 0.25) is 0 Å². The number of rotatable bonds is 8. The molecule has 6 nitrogen and oxygen atoms in total. The number of benzene rings is 1. The largest absolute Gasteiger partial charge is 0.496 e. The van der Waals surface area contributed by atoms with Crippen LogP contribution < -0.4 is 25.3 Å². The standard InChI is InChI=1S/C16H26N2O4.ClH/c1-10(11(2)17)16(19)18-7-6-13-14(21-4)8-12(20-3)9-15(13)22-5;/h8-11H,6-7,17H2,1-5H3,(H,18,19);1H. The molecule has 1 aromatic rings. The maximum absolute atomic E-state index is 11.9. The lowest BCUT2D eigenvalue weighted by atomic mass is 10.0. The highest BCUT2D eigenvalue weighted by Gasteiger charge is 2.17. The van der Waals surface area contributed by atoms with Crippen molar-refractivity contribution in [2.24, 2.45) is 11.7 Å². The third kappa shape index (κ3) is 5.80. The minimum atomic E-state index is -0.223. The van der Waals surface area contributed by atoms with Crippen molar-refractivity contribution < 1.29 is 19.0 Å². The molecule has 23 heavy (non-hydrogen) atoms. The van der Waals surface area contributed by atoms with Crippen molar-refractivity contribution in [3.05, 3.63) is 17.7 Å². The molecule has 7 heteroatoms. The van der Waals surface area contributed by atoms with Crippen molar-refractivity contribution in [1.82, 2.24) is 5.32 Å². The summed E-state index contributed by atoms with van der Waals surface area (Å²) >= 11 is 0. The molecule has 0 aliphatic rings. The molecule has 0 bridgehead atoms. The lowest BCUT2D eigenvalue weighted by molar-refractivity contribution is -0.124. The number of hydrogen-bond acceptors (Lipinski definition) is 5. The first kappa shape index (κ1) is 21.3. The molecule has 0 aromatic heterocycles. The lowest BCUT2D eigenvalue weighted by Gasteiger charge is -2.17. The van der Waals surface area contributed by atoms with E-state index in [2.05, 4.69) is 5.32 Å². The molecule has 0 spiro atoms. The van der Waals surface area contributed by atoms with E-state index < -0.39 is 0 Å². The maximum Gasteiger partial charge on any atom is 0.224 e. The van der Waals surface area contributed by atoms with Crippen molar-refractivity contribution >= 4 is 18.3 Å². The number of carbonyl (C=O) groups is 1. The molecular weight excluding hydrogens is 320 g/mol. The summed E-state index contributed by atoms with van der Waals surface area (Å²) in [6.07, 6.45) is 0.591. The summed E-state index contributed by atoms with van der Waals surface area (Å²) in [6, 6.07) is 3.42. The molecule has 1 aromatic carbocycles. The summed E-state index contributed by atoms with van der Waals surface area (Å²) in [5.41, 5.74) is 6.62. The molecule has 0 heterocycles. The van der Waals surface area contributed by atoms with Gasteiger partial charge >= 0.3 is 0 Å². The molecular formula is C16H27ClN2O4. The molecule has 0 saturated heterocycles. The van der Waals surface area contributed by atoms with E-state index in [1.807, 2.05) is 13.8 Å². The Bertz CT molecular complexity index is 484. The number of halogens is 1. The average Bonchev–Trinajstić information content (AvgIpc) is 2.53. The van der Waals surface area contributed by atoms with Crippen molar-refractivity contribution in [2.75, 3.05) is 27.9 Å². The van der Waals surface area contributed by atoms with Crippen LogP contribution in [-0.4, -0.2) is 39.8 Å². The molecule has 0 radical (unpaired) electrons. The van der Waals surface area contributed by atoms with Crippen LogP contribution in [0.25, 0.3) is 0 Å². The first-order valence-electron chi connectivity index (χ1n) is 7.26. The zero-order valence-corrected chi connectivity index (χ0v) is 15.2. The van der Waals surface area contributed by atoms with Gasteiger partial charge in [-0.15, -0.1) is 12.4 Å². The molecule has 2 unspecified atom stereocenters. The Balaban J connectivity index is 0.00000484. The van der Waals surface area contributed by atoms with Crippen LogP contribution in [0.15, 0.2) is 12.1 Å². The fourth-order valence-corrected chi connectivity index (χ4v) is 2.03. The van der Waals surface area contributed by atoms with Crippen molar-refractivity contribution in [3.8, 4) is 17.2 Å². The number of methoxy groups -OCH3 is 3. The van der Waals surface area contributed by atoms with Crippen LogP contribution in [0.1, 0.15) is 19.4 Å². The normalized spacial score (nSPS) is 12.6. The van der Waals surface area contributed by atoms with Crippen molar-refractivity contribution in [2.45, 2.75) is 26.3 Å². The van der Waals surface area contributed by atoms with E-state index in [1.54, 1.807) is 33.5 Å². The minimum Gasteiger partial charge on any atom is -0.496 e. The van der Waals surface area contributed by atoms with E-state index in [1.165, 1.54) is 0 Å². The van der Waals surface area contributed by atoms with Crippen LogP contribution in [0, 0.1) is 5.92 Å². The second kappa shape index (κ2) is 10.2. The van der Waals surface area contributed by atoms with Gasteiger partial charge in [-0.3, -0.25) is 4.79 Å². The zero-order chi connectivity index (χ0) is 16.7. The summed E-state index contributed by atoms with van der Waals surface area (Å²) in [5, 5.41) is 2.88. The highest BCUT2D eigenvalue weighted by molar-refractivity contribution is 5.85. The maximum atomic E-state index is 11.9. The van der Waals surface area contributed by atoms with E-state index in [9.17, 15) is 4.79 Å². The quantitative estimate of drug-likeness (QED) is 0.749. The van der Waals surface area contributed by atoms with Gasteiger partial charge in [0.2, 0.25) is 5.91 Å². The fraction of sp³-hybridized carbons (Fsp3) is 0.562. The van der Waals surface area contributed by atoms with Crippen molar-refractivity contribution in [3.63, 3.8) is 0 Å². The third-order valence-electron chi connectivity index (χ3n) is 3.69. The molecule has 1 rings (SSSR count). The number of amides is 1. The van der Waals surface area contributed by atoms with E-state index in [-0.39, 0.29) is 30.3 Å². The Kier molecular flexibility index (Phi) is 9.44. The van der Waals surface area contributed by atoms with Gasteiger partial charge in [-0.05, 0) is 13.3 Å². The SMILES string of the molecule is COc1cc(OC)c(CCNC(=O)C(C)C(C)N)c(OC)c1.Cl. The first-order chi connectivity index (χ1) is 10.4. The van der Waals surface area contributed by atoms with Gasteiger partial charge in [0.25, 0.3) is 0 Å². The highest BCUT2D eigenvalue weighted by atomic mass is 35.5. The van der Waals surface area contributed by atoms with Crippen LogP contribution >= 0.6 is 12.4 Å². The molecule has 0 aliphatic heterocycles. The smallest absolute Gasteiger partial charge is 0.224 e. The Labute approximate surface area is 144 Å². The second-order valence-corrected chi connectivity index (χ2v) is 5.20. The minimum absolute atomic E-state index is 0. The van der Waals surface area contributed by atoms with Gasteiger partial charge in [0.05, 0.1) is 21.3 Å². The topological polar surface area (TPSA) is 82.8 Å². The number of nitrogens with two attached hydrogens (primary N) is 1. The number of nitrogens with one attached hydrogen (secondary N) is 1. The molecule has 0 aliphatic carbocycles. The molecule has 2 atom stereocenters. The van der Waals surface area contributed by atoms with E-state index >= 15 is 0 Å². The molecule has 0 saturated carbocycles. The summed E-state index contributed by atoms with van der Waals surface area (Å²) in [5.74, 6) is 1.73. The van der Waals surface area contributed by atoms with Gasteiger partial charge < -0.3 is 25.3 Å². The lowest BCUT2D eigenvalue weighted by Crippen LogP contribution is -2.39. The Hall–Kier alpha value is -1.66. The Morgan fingerprint density at radius 1 is 1.13 bits per heavy atom. The average molecular weight is 347 g/mol. The summed E-state index contributed by atoms with van der Waals surface area (Å²) in [6.45, 7) is 4.11. The van der Waals surface area contributed by atoms with Crippen LogP contribution in [-0.2, 0) is 11.2 Å². The highest BCUT2D eigenvalue weighted by Crippen LogP contribution is 2.34. The number of ether oxygens (including phenoxy) is 3. The fourth-order valence-electron chi connectivity index (χ4n) is 2.03. The van der Waals surface area contributed by atoms with Gasteiger partial charge in [-0.25, -0.2) is 0 Å². The Morgan fingerprint density at radius 2 is 1.65 bits per heavy atom. The van der Waals surface area contributed by atoms with Gasteiger partial charge in [0.15, 0.2) is 0 Å². The number of hydrogen-bond donors (Lipinski definition) is 2. The molecule has 132 valence electrons. The zero-order valence-electron chi connectivity index (χ0n) is 14.3. The Morgan fingerprint density at radius 3 is 2.04 bits per heavy atom. The van der Waals surface area contributed by atoms with E-state index in [0.717, 1.165) is 5.56 Å². The summed E-state index contributed by atoms with van der Waals surface area (Å²) in [4.78, 5) is 11.9. The van der Waals surface area contributed by atoms with Gasteiger partial charge in [0, 0.05) is 36.2 Å². The van der Waals surface area contributed by atoms with Gasteiger partial charge in [-0.1, -0.05) is 6.92 Å². The summed E-state index contributed by atoms with van der Waals surface area (Å²) < 4.78 is 16.0. The molecule has 0 fully saturated rings. The second-order valence-electron chi connectivity index (χ2n) is 5.20. The first-order valence-corrected chi connectivity index (χ1v) is 7.26. The third-order valence-corrected chi connectivity index (χ3v) is 3.69. The van der Waals surface area contributed by atoms with E-state index in [0.29, 0.717) is 30.2 Å². The van der Waals surface area contributed by atoms with Crippen molar-refractivity contribution in [1.29, 1.82) is 0 Å². The molecule has 3 N–H and O–H groups in total. The van der Waals surface area contributed by atoms with Crippen LogP contribution in [0.3, 0.4) is 0 Å². The predicted octanol–water partition coefficient (Wildman–Crippen LogP) is 1.78. The van der Waals surface area contributed by atoms with E-state index in [4.69, 9.17) is 19.9 Å². The number of carbonyl (C=O) groups excluding carboxylic acids is 1. The van der Waals surface area contributed by atoms with Gasteiger partial charge in [-0.2, -0.15) is 0 Å². The van der Waals surface area contributed by atoms with Crippen LogP contribution in [0.5, 0.6) is 17.2 Å². The predicted molar refractivity (Wildman–Crippen MR) is 92.9 cm³/mol. The van der Waals surface area contributed by atoms with Gasteiger partial charge in [0.1, 0.15) is 17.2 Å². The molecule has 1 amide bonds. The van der Waals surface area contributed by atoms with Crippen LogP contribution in [0.4, 0.5) is 0 Å². The summed E-state index contributed by atoms with van der Waals surface area (Å²) in [7, 11) is 4.77.